The molecule has 2 fully saturated rings. The van der Waals surface area contributed by atoms with E-state index in [0.717, 1.165) is 18.4 Å². The quantitative estimate of drug-likeness (QED) is 0.844. The zero-order valence-electron chi connectivity index (χ0n) is 13.8. The molecular weight excluding hydrogens is 354 g/mol. The molecule has 1 N–H and O–H groups in total. The number of rotatable bonds is 3. The second-order valence-corrected chi connectivity index (χ2v) is 8.89. The average Bonchev–Trinajstić information content (AvgIpc) is 2.94. The van der Waals surface area contributed by atoms with Gasteiger partial charge in [0.1, 0.15) is 11.6 Å². The molecule has 2 saturated heterocycles. The number of fused-ring (bicyclic) bond motifs is 1. The molecule has 0 bridgehead atoms. The first-order chi connectivity index (χ1) is 11.7. The van der Waals surface area contributed by atoms with Crippen LogP contribution < -0.4 is 0 Å². The third kappa shape index (κ3) is 3.28. The van der Waals surface area contributed by atoms with Gasteiger partial charge in [0, 0.05) is 37.7 Å². The number of amides is 1. The molecule has 1 amide bonds. The third-order valence-electron chi connectivity index (χ3n) is 5.27. The first kappa shape index (κ1) is 18.2. The molecule has 0 saturated carbocycles. The molecule has 2 unspecified atom stereocenters. The van der Waals surface area contributed by atoms with Crippen molar-refractivity contribution in [2.75, 3.05) is 39.0 Å². The van der Waals surface area contributed by atoms with Gasteiger partial charge in [0.25, 0.3) is 5.91 Å². The van der Waals surface area contributed by atoms with Crippen LogP contribution in [0.2, 0.25) is 0 Å². The van der Waals surface area contributed by atoms with E-state index in [4.69, 9.17) is 0 Å². The van der Waals surface area contributed by atoms with Gasteiger partial charge in [-0.1, -0.05) is 0 Å². The summed E-state index contributed by atoms with van der Waals surface area (Å²) in [7, 11) is -3.39. The van der Waals surface area contributed by atoms with E-state index in [0.29, 0.717) is 25.6 Å². The first-order valence-corrected chi connectivity index (χ1v) is 9.81. The second-order valence-electron chi connectivity index (χ2n) is 6.91. The molecule has 2 atom stereocenters. The summed E-state index contributed by atoms with van der Waals surface area (Å²) in [5.74, 6) is -2.34. The maximum absolute atomic E-state index is 13.9. The Balaban J connectivity index is 1.84. The van der Waals surface area contributed by atoms with Gasteiger partial charge in [-0.2, -0.15) is 0 Å². The lowest BCUT2D eigenvalue weighted by molar-refractivity contribution is 0.0127. The number of hydrogen-bond acceptors (Lipinski definition) is 4. The minimum atomic E-state index is -3.39. The molecule has 9 heteroatoms. The van der Waals surface area contributed by atoms with Gasteiger partial charge in [-0.25, -0.2) is 21.5 Å². The number of aliphatic hydroxyl groups excluding tert-OH is 1. The number of sulfonamides is 1. The fourth-order valence-corrected chi connectivity index (χ4v) is 4.76. The number of benzene rings is 1. The minimum Gasteiger partial charge on any atom is -0.396 e. The summed E-state index contributed by atoms with van der Waals surface area (Å²) in [6, 6.07) is 2.77. The van der Waals surface area contributed by atoms with E-state index in [-0.39, 0.29) is 31.2 Å². The molecule has 0 radical (unpaired) electrons. The summed E-state index contributed by atoms with van der Waals surface area (Å²) in [6.45, 7) is 0.643. The Kier molecular flexibility index (Phi) is 4.59. The number of likely N-dealkylation sites (tertiary alicyclic amines) is 1. The topological polar surface area (TPSA) is 77.9 Å². The largest absolute Gasteiger partial charge is 0.396 e. The Morgan fingerprint density at radius 1 is 1.36 bits per heavy atom. The van der Waals surface area contributed by atoms with Crippen LogP contribution >= 0.6 is 0 Å². The molecule has 1 aromatic carbocycles. The average molecular weight is 374 g/mol. The zero-order chi connectivity index (χ0) is 18.4. The molecule has 0 aliphatic carbocycles. The number of carbonyl (C=O) groups is 1. The van der Waals surface area contributed by atoms with Crippen molar-refractivity contribution >= 4 is 15.9 Å². The van der Waals surface area contributed by atoms with Crippen LogP contribution in [0.4, 0.5) is 8.78 Å². The molecule has 6 nitrogen and oxygen atoms in total. The Morgan fingerprint density at radius 2 is 2.08 bits per heavy atom. The van der Waals surface area contributed by atoms with Gasteiger partial charge < -0.3 is 10.0 Å². The van der Waals surface area contributed by atoms with Crippen molar-refractivity contribution in [1.82, 2.24) is 9.21 Å². The van der Waals surface area contributed by atoms with Crippen molar-refractivity contribution in [2.24, 2.45) is 11.3 Å². The van der Waals surface area contributed by atoms with Crippen LogP contribution in [0.3, 0.4) is 0 Å². The molecule has 2 aliphatic heterocycles. The van der Waals surface area contributed by atoms with Gasteiger partial charge in [0.15, 0.2) is 0 Å². The Hall–Kier alpha value is -1.58. The number of aliphatic hydroxyl groups is 1. The van der Waals surface area contributed by atoms with Crippen LogP contribution in [0.1, 0.15) is 16.8 Å². The van der Waals surface area contributed by atoms with Crippen LogP contribution in [0.25, 0.3) is 0 Å². The van der Waals surface area contributed by atoms with Gasteiger partial charge in [0.2, 0.25) is 10.0 Å². The smallest absolute Gasteiger partial charge is 0.256 e. The lowest BCUT2D eigenvalue weighted by atomic mass is 9.74. The number of hydrogen-bond donors (Lipinski definition) is 1. The van der Waals surface area contributed by atoms with E-state index >= 15 is 0 Å². The molecule has 3 rings (SSSR count). The number of piperidine rings is 1. The van der Waals surface area contributed by atoms with E-state index in [1.807, 2.05) is 0 Å². The van der Waals surface area contributed by atoms with E-state index in [9.17, 15) is 27.1 Å². The van der Waals surface area contributed by atoms with Gasteiger partial charge in [-0.15, -0.1) is 0 Å². The zero-order valence-corrected chi connectivity index (χ0v) is 14.6. The van der Waals surface area contributed by atoms with Gasteiger partial charge in [0.05, 0.1) is 18.4 Å². The molecule has 25 heavy (non-hydrogen) atoms. The summed E-state index contributed by atoms with van der Waals surface area (Å²) in [4.78, 5) is 14.0. The van der Waals surface area contributed by atoms with Crippen molar-refractivity contribution in [3.63, 3.8) is 0 Å². The standard InChI is InChI=1S/C16H20F2N2O4S/c1-25(23,24)20-7-11-4-5-19(8-16(11,9-20)10-21)15(22)13-3-2-12(17)6-14(13)18/h2-3,6,11,21H,4-5,7-10H2,1H3. The molecule has 2 heterocycles. The SMILES string of the molecule is CS(=O)(=O)N1CC2CCN(C(=O)c3ccc(F)cc3F)CC2(CO)C1. The number of nitrogens with zero attached hydrogens (tertiary/aromatic N) is 2. The summed E-state index contributed by atoms with van der Waals surface area (Å²) >= 11 is 0. The monoisotopic (exact) mass is 374 g/mol. The van der Waals surface area contributed by atoms with E-state index in [1.165, 1.54) is 9.21 Å². The highest BCUT2D eigenvalue weighted by molar-refractivity contribution is 7.88. The summed E-state index contributed by atoms with van der Waals surface area (Å²) < 4.78 is 51.9. The van der Waals surface area contributed by atoms with Crippen molar-refractivity contribution < 1.29 is 27.1 Å². The third-order valence-corrected chi connectivity index (χ3v) is 6.48. The van der Waals surface area contributed by atoms with E-state index in [2.05, 4.69) is 0 Å². The minimum absolute atomic E-state index is 0.0608. The predicted octanol–water partition coefficient (Wildman–Crippen LogP) is 0.681. The second kappa shape index (κ2) is 6.30. The van der Waals surface area contributed by atoms with Crippen LogP contribution in [0, 0.1) is 23.0 Å². The normalized spacial score (nSPS) is 27.4. The summed E-state index contributed by atoms with van der Waals surface area (Å²) in [5.41, 5.74) is -0.987. The lowest BCUT2D eigenvalue weighted by Gasteiger charge is -2.43. The molecule has 0 spiro atoms. The molecule has 2 aliphatic rings. The van der Waals surface area contributed by atoms with Gasteiger partial charge in [-0.3, -0.25) is 4.79 Å². The van der Waals surface area contributed by atoms with Crippen LogP contribution in [0.5, 0.6) is 0 Å². The summed E-state index contributed by atoms with van der Waals surface area (Å²) in [5, 5.41) is 9.91. The Bertz CT molecular complexity index is 801. The van der Waals surface area contributed by atoms with Gasteiger partial charge in [-0.05, 0) is 24.5 Å². The highest BCUT2D eigenvalue weighted by atomic mass is 32.2. The Morgan fingerprint density at radius 3 is 2.68 bits per heavy atom. The van der Waals surface area contributed by atoms with E-state index in [1.54, 1.807) is 0 Å². The maximum Gasteiger partial charge on any atom is 0.256 e. The van der Waals surface area contributed by atoms with Crippen molar-refractivity contribution in [3.8, 4) is 0 Å². The fourth-order valence-electron chi connectivity index (χ4n) is 3.82. The van der Waals surface area contributed by atoms with Crippen LogP contribution in [0.15, 0.2) is 18.2 Å². The molecule has 138 valence electrons. The highest BCUT2D eigenvalue weighted by Gasteiger charge is 2.52. The van der Waals surface area contributed by atoms with Crippen molar-refractivity contribution in [1.29, 1.82) is 0 Å². The molecule has 0 aromatic heterocycles. The van der Waals surface area contributed by atoms with Crippen LogP contribution in [-0.4, -0.2) is 67.7 Å². The highest BCUT2D eigenvalue weighted by Crippen LogP contribution is 2.43. The van der Waals surface area contributed by atoms with E-state index < -0.39 is 33.0 Å². The first-order valence-electron chi connectivity index (χ1n) is 7.96. The predicted molar refractivity (Wildman–Crippen MR) is 86.3 cm³/mol. The Labute approximate surface area is 145 Å². The molecular formula is C16H20F2N2O4S. The van der Waals surface area contributed by atoms with Gasteiger partial charge >= 0.3 is 0 Å². The lowest BCUT2D eigenvalue weighted by Crippen LogP contribution is -2.52. The molecule has 1 aromatic rings. The van der Waals surface area contributed by atoms with Crippen LogP contribution in [-0.2, 0) is 10.0 Å². The number of halogens is 2. The number of carbonyl (C=O) groups excluding carboxylic acids is 1. The van der Waals surface area contributed by atoms with Crippen molar-refractivity contribution in [2.45, 2.75) is 6.42 Å². The fraction of sp³-hybridized carbons (Fsp3) is 0.562. The van der Waals surface area contributed by atoms with Crippen molar-refractivity contribution in [3.05, 3.63) is 35.4 Å². The summed E-state index contributed by atoms with van der Waals surface area (Å²) in [6.07, 6.45) is 1.63. The maximum atomic E-state index is 13.9.